The lowest BCUT2D eigenvalue weighted by molar-refractivity contribution is -0.114. The van der Waals surface area contributed by atoms with E-state index in [0.29, 0.717) is 22.2 Å². The third-order valence-corrected chi connectivity index (χ3v) is 3.86. The maximum absolute atomic E-state index is 12.2. The van der Waals surface area contributed by atoms with E-state index < -0.39 is 0 Å². The minimum absolute atomic E-state index is 0.137. The number of carbonyl (C=O) groups excluding carboxylic acids is 1. The van der Waals surface area contributed by atoms with E-state index in [0.717, 1.165) is 11.3 Å². The zero-order valence-electron chi connectivity index (χ0n) is 14.2. The minimum Gasteiger partial charge on any atom is -0.495 e. The lowest BCUT2D eigenvalue weighted by Crippen LogP contribution is -2.22. The van der Waals surface area contributed by atoms with Crippen LogP contribution >= 0.6 is 11.6 Å². The Morgan fingerprint density at radius 3 is 2.38 bits per heavy atom. The van der Waals surface area contributed by atoms with E-state index in [2.05, 4.69) is 16.7 Å². The van der Waals surface area contributed by atoms with Crippen LogP contribution in [0, 0.1) is 13.8 Å². The second-order valence-electron chi connectivity index (χ2n) is 5.41. The summed E-state index contributed by atoms with van der Waals surface area (Å²) < 4.78 is 10.4. The Bertz CT molecular complexity index is 747. The van der Waals surface area contributed by atoms with Gasteiger partial charge in [0.15, 0.2) is 0 Å². The summed E-state index contributed by atoms with van der Waals surface area (Å²) in [5.74, 6) is 0.744. The lowest BCUT2D eigenvalue weighted by atomic mass is 10.1. The molecule has 2 aromatic rings. The monoisotopic (exact) mass is 348 g/mol. The van der Waals surface area contributed by atoms with Crippen molar-refractivity contribution in [3.8, 4) is 11.5 Å². The summed E-state index contributed by atoms with van der Waals surface area (Å²) in [6, 6.07) is 9.27. The standard InChI is InChI=1S/C18H21ClN2O3/c1-11-5-6-14(12(2)7-11)20-10-18(22)21-15-9-16(23-3)13(19)8-17(15)24-4/h5-9,20H,10H2,1-4H3,(H,21,22). The number of ether oxygens (including phenoxy) is 2. The fourth-order valence-electron chi connectivity index (χ4n) is 2.34. The molecule has 6 heteroatoms. The molecule has 5 nitrogen and oxygen atoms in total. The number of halogens is 1. The van der Waals surface area contributed by atoms with E-state index in [1.807, 2.05) is 26.0 Å². The summed E-state index contributed by atoms with van der Waals surface area (Å²) in [6.07, 6.45) is 0. The summed E-state index contributed by atoms with van der Waals surface area (Å²) >= 11 is 6.06. The van der Waals surface area contributed by atoms with E-state index in [4.69, 9.17) is 21.1 Å². The largest absolute Gasteiger partial charge is 0.495 e. The number of hydrogen-bond acceptors (Lipinski definition) is 4. The predicted molar refractivity (Wildman–Crippen MR) is 97.6 cm³/mol. The third kappa shape index (κ3) is 4.32. The molecule has 0 atom stereocenters. The molecule has 0 spiro atoms. The first-order valence-corrected chi connectivity index (χ1v) is 7.85. The molecule has 2 N–H and O–H groups in total. The second-order valence-corrected chi connectivity index (χ2v) is 5.81. The van der Waals surface area contributed by atoms with E-state index in [1.165, 1.54) is 19.8 Å². The van der Waals surface area contributed by atoms with Crippen molar-refractivity contribution in [2.75, 3.05) is 31.4 Å². The molecule has 0 aromatic heterocycles. The van der Waals surface area contributed by atoms with Crippen molar-refractivity contribution in [2.24, 2.45) is 0 Å². The van der Waals surface area contributed by atoms with Crippen molar-refractivity contribution >= 4 is 28.9 Å². The number of rotatable bonds is 6. The minimum atomic E-state index is -0.197. The van der Waals surface area contributed by atoms with Gasteiger partial charge in [-0.25, -0.2) is 0 Å². The van der Waals surface area contributed by atoms with Gasteiger partial charge in [-0.1, -0.05) is 29.3 Å². The molecule has 0 fully saturated rings. The Balaban J connectivity index is 2.06. The summed E-state index contributed by atoms with van der Waals surface area (Å²) in [5.41, 5.74) is 3.71. The smallest absolute Gasteiger partial charge is 0.243 e. The van der Waals surface area contributed by atoms with Crippen molar-refractivity contribution in [2.45, 2.75) is 13.8 Å². The molecule has 0 aliphatic carbocycles. The molecule has 2 aromatic carbocycles. The molecule has 2 rings (SSSR count). The third-order valence-electron chi connectivity index (χ3n) is 3.57. The molecular weight excluding hydrogens is 328 g/mol. The molecule has 0 saturated heterocycles. The fraction of sp³-hybridized carbons (Fsp3) is 0.278. The molecular formula is C18H21ClN2O3. The number of amides is 1. The summed E-state index contributed by atoms with van der Waals surface area (Å²) in [6.45, 7) is 4.17. The molecule has 0 aliphatic rings. The van der Waals surface area contributed by atoms with Gasteiger partial charge in [-0.2, -0.15) is 0 Å². The van der Waals surface area contributed by atoms with Gasteiger partial charge in [0.1, 0.15) is 11.5 Å². The van der Waals surface area contributed by atoms with E-state index in [-0.39, 0.29) is 12.5 Å². The van der Waals surface area contributed by atoms with Gasteiger partial charge in [0.2, 0.25) is 5.91 Å². The first-order chi connectivity index (χ1) is 11.4. The van der Waals surface area contributed by atoms with Crippen molar-refractivity contribution < 1.29 is 14.3 Å². The van der Waals surface area contributed by atoms with Gasteiger partial charge in [-0.15, -0.1) is 0 Å². The summed E-state index contributed by atoms with van der Waals surface area (Å²) in [4.78, 5) is 12.2. The zero-order chi connectivity index (χ0) is 17.7. The zero-order valence-corrected chi connectivity index (χ0v) is 15.0. The van der Waals surface area contributed by atoms with Gasteiger partial charge in [-0.3, -0.25) is 4.79 Å². The van der Waals surface area contributed by atoms with Gasteiger partial charge in [-0.05, 0) is 25.5 Å². The van der Waals surface area contributed by atoms with E-state index >= 15 is 0 Å². The SMILES string of the molecule is COc1cc(NC(=O)CNc2ccc(C)cc2C)c(OC)cc1Cl. The van der Waals surface area contributed by atoms with Crippen LogP contribution in [0.5, 0.6) is 11.5 Å². The van der Waals surface area contributed by atoms with Crippen LogP contribution in [0.3, 0.4) is 0 Å². The molecule has 1 amide bonds. The first kappa shape index (κ1) is 17.9. The van der Waals surface area contributed by atoms with Crippen LogP contribution in [0.25, 0.3) is 0 Å². The maximum Gasteiger partial charge on any atom is 0.243 e. The number of benzene rings is 2. The molecule has 128 valence electrons. The number of anilines is 2. The Labute approximate surface area is 146 Å². The van der Waals surface area contributed by atoms with Crippen LogP contribution in [0.2, 0.25) is 5.02 Å². The Hall–Kier alpha value is -2.40. The van der Waals surface area contributed by atoms with Gasteiger partial charge in [0, 0.05) is 17.8 Å². The normalized spacial score (nSPS) is 10.2. The van der Waals surface area contributed by atoms with Gasteiger partial charge in [0.25, 0.3) is 0 Å². The van der Waals surface area contributed by atoms with Crippen molar-refractivity contribution in [1.29, 1.82) is 0 Å². The predicted octanol–water partition coefficient (Wildman–Crippen LogP) is 4.02. The highest BCUT2D eigenvalue weighted by Gasteiger charge is 2.12. The van der Waals surface area contributed by atoms with Crippen LogP contribution in [0.1, 0.15) is 11.1 Å². The van der Waals surface area contributed by atoms with Gasteiger partial charge < -0.3 is 20.1 Å². The Kier molecular flexibility index (Phi) is 5.93. The summed E-state index contributed by atoms with van der Waals surface area (Å²) in [5, 5.41) is 6.34. The molecule has 24 heavy (non-hydrogen) atoms. The van der Waals surface area contributed by atoms with Gasteiger partial charge in [0.05, 0.1) is 31.5 Å². The number of methoxy groups -OCH3 is 2. The van der Waals surface area contributed by atoms with Crippen LogP contribution in [-0.2, 0) is 4.79 Å². The molecule has 0 aliphatic heterocycles. The first-order valence-electron chi connectivity index (χ1n) is 7.47. The second kappa shape index (κ2) is 7.93. The Morgan fingerprint density at radius 1 is 1.04 bits per heavy atom. The fourth-order valence-corrected chi connectivity index (χ4v) is 2.57. The molecule has 0 radical (unpaired) electrons. The van der Waals surface area contributed by atoms with Crippen molar-refractivity contribution in [1.82, 2.24) is 0 Å². The maximum atomic E-state index is 12.2. The van der Waals surface area contributed by atoms with Crippen LogP contribution in [0.15, 0.2) is 30.3 Å². The molecule has 0 saturated carbocycles. The van der Waals surface area contributed by atoms with Crippen molar-refractivity contribution in [3.05, 3.63) is 46.5 Å². The number of carbonyl (C=O) groups is 1. The van der Waals surface area contributed by atoms with E-state index in [1.54, 1.807) is 12.1 Å². The molecule has 0 unspecified atom stereocenters. The molecule has 0 bridgehead atoms. The average Bonchev–Trinajstić information content (AvgIpc) is 2.55. The van der Waals surface area contributed by atoms with Crippen LogP contribution in [-0.4, -0.2) is 26.7 Å². The number of hydrogen-bond donors (Lipinski definition) is 2. The van der Waals surface area contributed by atoms with Crippen molar-refractivity contribution in [3.63, 3.8) is 0 Å². The average molecular weight is 349 g/mol. The van der Waals surface area contributed by atoms with Crippen LogP contribution < -0.4 is 20.1 Å². The Morgan fingerprint density at radius 2 is 1.75 bits per heavy atom. The lowest BCUT2D eigenvalue weighted by Gasteiger charge is -2.14. The topological polar surface area (TPSA) is 59.6 Å². The summed E-state index contributed by atoms with van der Waals surface area (Å²) in [7, 11) is 3.03. The number of aryl methyl sites for hydroxylation is 2. The molecule has 0 heterocycles. The highest BCUT2D eigenvalue weighted by molar-refractivity contribution is 6.32. The highest BCUT2D eigenvalue weighted by atomic mass is 35.5. The quantitative estimate of drug-likeness (QED) is 0.827. The number of nitrogens with one attached hydrogen (secondary N) is 2. The van der Waals surface area contributed by atoms with Crippen LogP contribution in [0.4, 0.5) is 11.4 Å². The van der Waals surface area contributed by atoms with Gasteiger partial charge >= 0.3 is 0 Å². The highest BCUT2D eigenvalue weighted by Crippen LogP contribution is 2.35. The van der Waals surface area contributed by atoms with E-state index in [9.17, 15) is 4.79 Å².